The van der Waals surface area contributed by atoms with Crippen LogP contribution in [0.2, 0.25) is 10.0 Å². The molecule has 1 aromatic rings. The van der Waals surface area contributed by atoms with E-state index in [2.05, 4.69) is 5.32 Å². The van der Waals surface area contributed by atoms with Gasteiger partial charge in [-0.05, 0) is 18.9 Å². The molecule has 0 amide bonds. The second-order valence-corrected chi connectivity index (χ2v) is 6.24. The Balaban J connectivity index is 2.21. The summed E-state index contributed by atoms with van der Waals surface area (Å²) in [6.07, 6.45) is 7.05. The summed E-state index contributed by atoms with van der Waals surface area (Å²) in [5.41, 5.74) is 0.681. The minimum Gasteiger partial charge on any atom is -0.468 e. The lowest BCUT2D eigenvalue weighted by atomic mass is 10.0. The average molecular weight is 330 g/mol. The number of methoxy groups -OCH3 is 1. The van der Waals surface area contributed by atoms with Gasteiger partial charge in [-0.3, -0.25) is 5.32 Å². The molecule has 21 heavy (non-hydrogen) atoms. The minimum absolute atomic E-state index is 0.312. The first-order chi connectivity index (χ1) is 10.1. The van der Waals surface area contributed by atoms with Crippen LogP contribution in [-0.2, 0) is 9.53 Å². The van der Waals surface area contributed by atoms with Crippen molar-refractivity contribution in [2.45, 2.75) is 50.6 Å². The number of nitrogens with one attached hydrogen (secondary N) is 1. The largest absolute Gasteiger partial charge is 0.468 e. The second-order valence-electron chi connectivity index (χ2n) is 5.45. The summed E-state index contributed by atoms with van der Waals surface area (Å²) in [5.74, 6) is -0.330. The van der Waals surface area contributed by atoms with E-state index in [0.717, 1.165) is 12.8 Å². The van der Waals surface area contributed by atoms with E-state index in [1.807, 2.05) is 6.07 Å². The van der Waals surface area contributed by atoms with Gasteiger partial charge in [0.1, 0.15) is 6.04 Å². The van der Waals surface area contributed by atoms with Crippen molar-refractivity contribution in [1.29, 1.82) is 0 Å². The maximum Gasteiger partial charge on any atom is 0.327 e. The molecular formula is C16H21Cl2NO2. The van der Waals surface area contributed by atoms with Crippen LogP contribution in [0.1, 0.15) is 50.1 Å². The number of esters is 1. The van der Waals surface area contributed by atoms with Gasteiger partial charge in [-0.25, -0.2) is 4.79 Å². The molecule has 0 heterocycles. The zero-order valence-electron chi connectivity index (χ0n) is 12.2. The first-order valence-electron chi connectivity index (χ1n) is 7.41. The molecule has 1 saturated carbocycles. The van der Waals surface area contributed by atoms with E-state index in [1.165, 1.54) is 32.8 Å². The third kappa shape index (κ3) is 4.35. The van der Waals surface area contributed by atoms with Crippen molar-refractivity contribution < 1.29 is 9.53 Å². The summed E-state index contributed by atoms with van der Waals surface area (Å²) in [6.45, 7) is 0. The highest BCUT2D eigenvalue weighted by Gasteiger charge is 2.27. The molecule has 0 saturated heterocycles. The molecule has 116 valence electrons. The molecule has 1 aromatic carbocycles. The van der Waals surface area contributed by atoms with Gasteiger partial charge >= 0.3 is 5.97 Å². The standard InChI is InChI=1S/C16H21Cl2NO2/c1-21-16(20)15(12-9-6-10-13(17)14(12)18)19-11-7-4-2-3-5-8-11/h6,9-11,15,19H,2-5,7-8H2,1H3. The number of carbonyl (C=O) groups excluding carboxylic acids is 1. The van der Waals surface area contributed by atoms with Crippen LogP contribution in [-0.4, -0.2) is 19.1 Å². The monoisotopic (exact) mass is 329 g/mol. The topological polar surface area (TPSA) is 38.3 Å². The average Bonchev–Trinajstić information content (AvgIpc) is 2.76. The molecule has 0 aromatic heterocycles. The fourth-order valence-electron chi connectivity index (χ4n) is 2.83. The Morgan fingerprint density at radius 1 is 1.24 bits per heavy atom. The molecule has 0 radical (unpaired) electrons. The zero-order chi connectivity index (χ0) is 15.2. The summed E-state index contributed by atoms with van der Waals surface area (Å²) in [6, 6.07) is 5.08. The molecule has 1 fully saturated rings. The van der Waals surface area contributed by atoms with Gasteiger partial charge in [-0.15, -0.1) is 0 Å². The normalized spacial score (nSPS) is 18.0. The number of rotatable bonds is 4. The van der Waals surface area contributed by atoms with Crippen LogP contribution in [0.5, 0.6) is 0 Å². The molecule has 1 unspecified atom stereocenters. The first kappa shape index (κ1) is 16.6. The Bertz CT molecular complexity index is 485. The first-order valence-corrected chi connectivity index (χ1v) is 8.17. The Hall–Kier alpha value is -0.770. The van der Waals surface area contributed by atoms with Gasteiger partial charge in [0.2, 0.25) is 0 Å². The fraction of sp³-hybridized carbons (Fsp3) is 0.562. The molecule has 1 aliphatic rings. The van der Waals surface area contributed by atoms with Crippen LogP contribution < -0.4 is 5.32 Å². The third-order valence-electron chi connectivity index (χ3n) is 3.99. The van der Waals surface area contributed by atoms with E-state index in [-0.39, 0.29) is 5.97 Å². The number of halogens is 2. The number of hydrogen-bond acceptors (Lipinski definition) is 3. The quantitative estimate of drug-likeness (QED) is 0.651. The predicted molar refractivity (Wildman–Crippen MR) is 85.8 cm³/mol. The number of carbonyl (C=O) groups is 1. The van der Waals surface area contributed by atoms with Crippen LogP contribution in [0.15, 0.2) is 18.2 Å². The molecule has 1 N–H and O–H groups in total. The van der Waals surface area contributed by atoms with Crippen LogP contribution in [0.4, 0.5) is 0 Å². The van der Waals surface area contributed by atoms with E-state index >= 15 is 0 Å². The van der Waals surface area contributed by atoms with Crippen LogP contribution in [0.3, 0.4) is 0 Å². The summed E-state index contributed by atoms with van der Waals surface area (Å²) in [7, 11) is 1.39. The van der Waals surface area contributed by atoms with Crippen LogP contribution in [0.25, 0.3) is 0 Å². The Morgan fingerprint density at radius 3 is 2.52 bits per heavy atom. The summed E-state index contributed by atoms with van der Waals surface area (Å²) in [5, 5.41) is 4.28. The maximum absolute atomic E-state index is 12.1. The molecule has 3 nitrogen and oxygen atoms in total. The van der Waals surface area contributed by atoms with Gasteiger partial charge in [-0.1, -0.05) is 61.0 Å². The Morgan fingerprint density at radius 2 is 1.90 bits per heavy atom. The van der Waals surface area contributed by atoms with E-state index < -0.39 is 6.04 Å². The molecule has 5 heteroatoms. The molecule has 1 atom stereocenters. The lowest BCUT2D eigenvalue weighted by Crippen LogP contribution is -2.37. The molecule has 0 aliphatic heterocycles. The SMILES string of the molecule is COC(=O)C(NC1CCCCCC1)c1cccc(Cl)c1Cl. The van der Waals surface area contributed by atoms with Gasteiger partial charge in [-0.2, -0.15) is 0 Å². The number of ether oxygens (including phenoxy) is 1. The Labute approximate surface area is 136 Å². The predicted octanol–water partition coefficient (Wildman–Crippen LogP) is 4.52. The van der Waals surface area contributed by atoms with Crippen molar-refractivity contribution in [2.75, 3.05) is 7.11 Å². The van der Waals surface area contributed by atoms with Crippen LogP contribution in [0, 0.1) is 0 Å². The molecule has 0 bridgehead atoms. The highest BCUT2D eigenvalue weighted by Crippen LogP contribution is 2.31. The fourth-order valence-corrected chi connectivity index (χ4v) is 3.24. The highest BCUT2D eigenvalue weighted by atomic mass is 35.5. The van der Waals surface area contributed by atoms with Gasteiger partial charge in [0.15, 0.2) is 0 Å². The molecule has 0 spiro atoms. The second kappa shape index (κ2) is 8.02. The summed E-state index contributed by atoms with van der Waals surface area (Å²) >= 11 is 12.3. The summed E-state index contributed by atoms with van der Waals surface area (Å²) < 4.78 is 4.93. The zero-order valence-corrected chi connectivity index (χ0v) is 13.7. The lowest BCUT2D eigenvalue weighted by Gasteiger charge is -2.24. The third-order valence-corrected chi connectivity index (χ3v) is 4.82. The lowest BCUT2D eigenvalue weighted by molar-refractivity contribution is -0.143. The van der Waals surface area contributed by atoms with Crippen molar-refractivity contribution in [3.8, 4) is 0 Å². The van der Waals surface area contributed by atoms with Gasteiger partial charge < -0.3 is 4.74 Å². The van der Waals surface area contributed by atoms with E-state index in [0.29, 0.717) is 21.7 Å². The smallest absolute Gasteiger partial charge is 0.327 e. The van der Waals surface area contributed by atoms with Crippen molar-refractivity contribution in [3.63, 3.8) is 0 Å². The highest BCUT2D eigenvalue weighted by molar-refractivity contribution is 6.42. The molecule has 1 aliphatic carbocycles. The van der Waals surface area contributed by atoms with Crippen molar-refractivity contribution in [1.82, 2.24) is 5.32 Å². The molecule has 2 rings (SSSR count). The van der Waals surface area contributed by atoms with Gasteiger partial charge in [0.25, 0.3) is 0 Å². The van der Waals surface area contributed by atoms with Crippen molar-refractivity contribution in [3.05, 3.63) is 33.8 Å². The van der Waals surface area contributed by atoms with Gasteiger partial charge in [0, 0.05) is 11.6 Å². The van der Waals surface area contributed by atoms with Crippen LogP contribution >= 0.6 is 23.2 Å². The van der Waals surface area contributed by atoms with Crippen molar-refractivity contribution in [2.24, 2.45) is 0 Å². The Kier molecular flexibility index (Phi) is 6.34. The van der Waals surface area contributed by atoms with E-state index in [1.54, 1.807) is 12.1 Å². The maximum atomic E-state index is 12.1. The number of benzene rings is 1. The van der Waals surface area contributed by atoms with E-state index in [9.17, 15) is 4.79 Å². The number of hydrogen-bond donors (Lipinski definition) is 1. The van der Waals surface area contributed by atoms with E-state index in [4.69, 9.17) is 27.9 Å². The van der Waals surface area contributed by atoms with Gasteiger partial charge in [0.05, 0.1) is 17.2 Å². The van der Waals surface area contributed by atoms with Crippen molar-refractivity contribution >= 4 is 29.2 Å². The summed E-state index contributed by atoms with van der Waals surface area (Å²) in [4.78, 5) is 12.1. The minimum atomic E-state index is -0.565. The molecular weight excluding hydrogens is 309 g/mol.